The zero-order valence-electron chi connectivity index (χ0n) is 18.3. The molecule has 1 N–H and O–H groups in total. The molecule has 0 unspecified atom stereocenters. The van der Waals surface area contributed by atoms with Gasteiger partial charge in [0.2, 0.25) is 0 Å². The molecule has 2 rings (SSSR count). The van der Waals surface area contributed by atoms with E-state index in [4.69, 9.17) is 4.74 Å². The molecule has 2 aromatic rings. The number of nitrogens with zero attached hydrogens (tertiary/aromatic N) is 2. The summed E-state index contributed by atoms with van der Waals surface area (Å²) in [6, 6.07) is 11.3. The van der Waals surface area contributed by atoms with Gasteiger partial charge in [0.1, 0.15) is 11.6 Å². The van der Waals surface area contributed by atoms with Gasteiger partial charge in [-0.05, 0) is 55.5 Å². The average Bonchev–Trinajstić information content (AvgIpc) is 2.97. The molecule has 0 aliphatic carbocycles. The van der Waals surface area contributed by atoms with Crippen molar-refractivity contribution in [3.63, 3.8) is 0 Å². The monoisotopic (exact) mass is 407 g/mol. The Morgan fingerprint density at radius 1 is 1.27 bits per heavy atom. The molecule has 0 aliphatic rings. The van der Waals surface area contributed by atoms with Gasteiger partial charge < -0.3 is 14.6 Å². The number of anilines is 1. The van der Waals surface area contributed by atoms with Crippen LogP contribution in [0.15, 0.2) is 35.9 Å². The molecular weight excluding hydrogens is 378 g/mol. The summed E-state index contributed by atoms with van der Waals surface area (Å²) in [5.74, 6) is -0.787. The Hall–Kier alpha value is -3.33. The molecule has 0 spiro atoms. The molecule has 0 saturated carbocycles. The zero-order valence-corrected chi connectivity index (χ0v) is 18.3. The van der Waals surface area contributed by atoms with Gasteiger partial charge in [-0.25, -0.2) is 4.79 Å². The van der Waals surface area contributed by atoms with Crippen molar-refractivity contribution in [2.45, 2.75) is 47.6 Å². The number of carbonyl (C=O) groups is 2. The standard InChI is InChI=1S/C24H29N3O3/c1-6-19-9-7-8-10-22(19)26-23(28)15-30-24(29)21(13-25)12-20-11-17(4)27(18(20)5)14-16(2)3/h7-12,16H,6,14-15H2,1-5H3,(H,26,28)/b21-12+. The summed E-state index contributed by atoms with van der Waals surface area (Å²) in [7, 11) is 0. The van der Waals surface area contributed by atoms with E-state index in [0.717, 1.165) is 35.5 Å². The quantitative estimate of drug-likeness (QED) is 0.399. The van der Waals surface area contributed by atoms with Crippen molar-refractivity contribution in [3.8, 4) is 6.07 Å². The molecule has 0 bridgehead atoms. The number of rotatable bonds is 8. The molecule has 0 aliphatic heterocycles. The molecule has 6 heteroatoms. The number of aryl methyl sites for hydroxylation is 2. The van der Waals surface area contributed by atoms with Crippen LogP contribution in [0.3, 0.4) is 0 Å². The number of benzene rings is 1. The van der Waals surface area contributed by atoms with Crippen molar-refractivity contribution in [3.05, 3.63) is 58.4 Å². The maximum Gasteiger partial charge on any atom is 0.349 e. The summed E-state index contributed by atoms with van der Waals surface area (Å²) >= 11 is 0. The Labute approximate surface area is 178 Å². The van der Waals surface area contributed by atoms with Gasteiger partial charge in [-0.15, -0.1) is 0 Å². The van der Waals surface area contributed by atoms with Crippen molar-refractivity contribution < 1.29 is 14.3 Å². The lowest BCUT2D eigenvalue weighted by Gasteiger charge is -2.12. The number of hydrogen-bond acceptors (Lipinski definition) is 4. The van der Waals surface area contributed by atoms with Gasteiger partial charge >= 0.3 is 5.97 Å². The number of ether oxygens (including phenoxy) is 1. The minimum Gasteiger partial charge on any atom is -0.451 e. The Morgan fingerprint density at radius 3 is 2.60 bits per heavy atom. The van der Waals surface area contributed by atoms with Gasteiger partial charge in [-0.1, -0.05) is 39.0 Å². The molecule has 158 valence electrons. The molecule has 30 heavy (non-hydrogen) atoms. The van der Waals surface area contributed by atoms with Gasteiger partial charge in [0.25, 0.3) is 5.91 Å². The fourth-order valence-electron chi connectivity index (χ4n) is 3.26. The number of nitrogens with one attached hydrogen (secondary N) is 1. The number of hydrogen-bond donors (Lipinski definition) is 1. The van der Waals surface area contributed by atoms with Crippen LogP contribution in [0, 0.1) is 31.1 Å². The molecule has 1 amide bonds. The molecule has 0 atom stereocenters. The summed E-state index contributed by atoms with van der Waals surface area (Å²) in [6.07, 6.45) is 2.29. The van der Waals surface area contributed by atoms with E-state index in [-0.39, 0.29) is 5.57 Å². The average molecular weight is 408 g/mol. The zero-order chi connectivity index (χ0) is 22.3. The Balaban J connectivity index is 2.06. The highest BCUT2D eigenvalue weighted by Gasteiger charge is 2.16. The van der Waals surface area contributed by atoms with Crippen LogP contribution < -0.4 is 5.32 Å². The molecule has 1 aromatic heterocycles. The number of para-hydroxylation sites is 1. The summed E-state index contributed by atoms with van der Waals surface area (Å²) in [6.45, 7) is 10.6. The third kappa shape index (κ3) is 5.84. The van der Waals surface area contributed by atoms with Gasteiger partial charge in [0.05, 0.1) is 0 Å². The van der Waals surface area contributed by atoms with Gasteiger partial charge in [0, 0.05) is 23.6 Å². The second-order valence-electron chi connectivity index (χ2n) is 7.64. The molecule has 1 aromatic carbocycles. The molecule has 6 nitrogen and oxygen atoms in total. The van der Waals surface area contributed by atoms with E-state index in [1.54, 1.807) is 6.07 Å². The van der Waals surface area contributed by atoms with E-state index >= 15 is 0 Å². The largest absolute Gasteiger partial charge is 0.451 e. The predicted octanol–water partition coefficient (Wildman–Crippen LogP) is 4.41. The second-order valence-corrected chi connectivity index (χ2v) is 7.64. The first-order valence-corrected chi connectivity index (χ1v) is 10.1. The van der Waals surface area contributed by atoms with Crippen molar-refractivity contribution in [2.75, 3.05) is 11.9 Å². The van der Waals surface area contributed by atoms with Crippen LogP contribution in [0.2, 0.25) is 0 Å². The number of carbonyl (C=O) groups excluding carboxylic acids is 2. The number of esters is 1. The highest BCUT2D eigenvalue weighted by atomic mass is 16.5. The highest BCUT2D eigenvalue weighted by molar-refractivity contribution is 6.00. The maximum absolute atomic E-state index is 12.3. The fraction of sp³-hybridized carbons (Fsp3) is 0.375. The SMILES string of the molecule is CCc1ccccc1NC(=O)COC(=O)/C(C#N)=C/c1cc(C)n(CC(C)C)c1C. The first kappa shape index (κ1) is 23.0. The van der Waals surface area contributed by atoms with Gasteiger partial charge in [-0.3, -0.25) is 4.79 Å². The van der Waals surface area contributed by atoms with Crippen molar-refractivity contribution in [1.29, 1.82) is 5.26 Å². The summed E-state index contributed by atoms with van der Waals surface area (Å²) in [5, 5.41) is 12.2. The lowest BCUT2D eigenvalue weighted by Crippen LogP contribution is -2.22. The van der Waals surface area contributed by atoms with E-state index < -0.39 is 18.5 Å². The topological polar surface area (TPSA) is 84.1 Å². The van der Waals surface area contributed by atoms with Gasteiger partial charge in [-0.2, -0.15) is 5.26 Å². The lowest BCUT2D eigenvalue weighted by molar-refractivity contribution is -0.142. The molecule has 1 heterocycles. The minimum absolute atomic E-state index is 0.137. The third-order valence-corrected chi connectivity index (χ3v) is 4.81. The van der Waals surface area contributed by atoms with E-state index in [9.17, 15) is 14.9 Å². The van der Waals surface area contributed by atoms with Crippen LogP contribution in [0.4, 0.5) is 5.69 Å². The van der Waals surface area contributed by atoms with E-state index in [1.165, 1.54) is 6.08 Å². The summed E-state index contributed by atoms with van der Waals surface area (Å²) in [4.78, 5) is 24.5. The maximum atomic E-state index is 12.3. The van der Waals surface area contributed by atoms with E-state index in [1.807, 2.05) is 51.1 Å². The number of nitriles is 1. The van der Waals surface area contributed by atoms with Crippen LogP contribution in [0.5, 0.6) is 0 Å². The minimum atomic E-state index is -0.815. The fourth-order valence-corrected chi connectivity index (χ4v) is 3.26. The Morgan fingerprint density at radius 2 is 1.97 bits per heavy atom. The van der Waals surface area contributed by atoms with Crippen LogP contribution in [-0.4, -0.2) is 23.1 Å². The second kappa shape index (κ2) is 10.4. The highest BCUT2D eigenvalue weighted by Crippen LogP contribution is 2.20. The van der Waals surface area contributed by atoms with Crippen LogP contribution in [-0.2, 0) is 27.3 Å². The first-order chi connectivity index (χ1) is 14.3. The first-order valence-electron chi connectivity index (χ1n) is 10.1. The Bertz CT molecular complexity index is 994. The van der Waals surface area contributed by atoms with Crippen molar-refractivity contribution in [2.24, 2.45) is 5.92 Å². The summed E-state index contributed by atoms with van der Waals surface area (Å²) < 4.78 is 7.23. The molecule has 0 radical (unpaired) electrons. The molecular formula is C24H29N3O3. The predicted molar refractivity (Wildman–Crippen MR) is 118 cm³/mol. The van der Waals surface area contributed by atoms with Crippen LogP contribution in [0.25, 0.3) is 6.08 Å². The van der Waals surface area contributed by atoms with Crippen LogP contribution in [0.1, 0.15) is 43.3 Å². The van der Waals surface area contributed by atoms with Gasteiger partial charge in [0.15, 0.2) is 6.61 Å². The van der Waals surface area contributed by atoms with Crippen LogP contribution >= 0.6 is 0 Å². The Kier molecular flexibility index (Phi) is 7.99. The van der Waals surface area contributed by atoms with E-state index in [2.05, 4.69) is 23.7 Å². The smallest absolute Gasteiger partial charge is 0.349 e. The normalized spacial score (nSPS) is 11.3. The van der Waals surface area contributed by atoms with Crippen molar-refractivity contribution >= 4 is 23.6 Å². The molecule has 0 saturated heterocycles. The van der Waals surface area contributed by atoms with E-state index in [0.29, 0.717) is 11.6 Å². The lowest BCUT2D eigenvalue weighted by atomic mass is 10.1. The number of amides is 1. The summed E-state index contributed by atoms with van der Waals surface area (Å²) in [5.41, 5.74) is 4.38. The third-order valence-electron chi connectivity index (χ3n) is 4.81. The molecule has 0 fully saturated rings. The number of aromatic nitrogens is 1. The van der Waals surface area contributed by atoms with Crippen molar-refractivity contribution in [1.82, 2.24) is 4.57 Å².